The number of aliphatic carboxylic acids is 1. The predicted octanol–water partition coefficient (Wildman–Crippen LogP) is 0.210. The molecule has 104 valence electrons. The van der Waals surface area contributed by atoms with Gasteiger partial charge in [0, 0.05) is 18.2 Å². The third-order valence-corrected chi connectivity index (χ3v) is 2.20. The van der Waals surface area contributed by atoms with Gasteiger partial charge in [0.1, 0.15) is 11.6 Å². The molecule has 6 nitrogen and oxygen atoms in total. The van der Waals surface area contributed by atoms with Gasteiger partial charge in [-0.3, -0.25) is 0 Å². The number of carbonyl (C=O) groups excluding carboxylic acids is 1. The minimum Gasteiger partial charge on any atom is -0.479 e. The molecule has 0 heterocycles. The van der Waals surface area contributed by atoms with E-state index in [1.54, 1.807) is 0 Å². The third-order valence-electron chi connectivity index (χ3n) is 2.20. The van der Waals surface area contributed by atoms with Crippen molar-refractivity contribution in [2.24, 2.45) is 0 Å². The van der Waals surface area contributed by atoms with E-state index < -0.39 is 36.3 Å². The highest BCUT2D eigenvalue weighted by Crippen LogP contribution is 2.08. The number of rotatable bonds is 5. The Morgan fingerprint density at radius 2 is 1.95 bits per heavy atom. The number of nitrogens with one attached hydrogen (secondary N) is 2. The van der Waals surface area contributed by atoms with Crippen LogP contribution in [0.25, 0.3) is 0 Å². The molecular weight excluding hydrogens is 262 g/mol. The first kappa shape index (κ1) is 14.8. The van der Waals surface area contributed by atoms with Gasteiger partial charge in [-0.2, -0.15) is 0 Å². The maximum absolute atomic E-state index is 13.2. The average molecular weight is 274 g/mol. The van der Waals surface area contributed by atoms with Gasteiger partial charge in [0.05, 0.1) is 6.54 Å². The molecule has 0 aromatic heterocycles. The lowest BCUT2D eigenvalue weighted by molar-refractivity contribution is -0.146. The summed E-state index contributed by atoms with van der Waals surface area (Å²) in [5.74, 6) is -2.99. The molecule has 0 bridgehead atoms. The second-order valence-corrected chi connectivity index (χ2v) is 3.65. The molecular formula is C11H12F2N2O4. The predicted molar refractivity (Wildman–Crippen MR) is 60.2 cm³/mol. The fourth-order valence-electron chi connectivity index (χ4n) is 1.18. The minimum atomic E-state index is -1.71. The molecule has 0 aliphatic carbocycles. The molecule has 0 aliphatic rings. The van der Waals surface area contributed by atoms with E-state index in [0.29, 0.717) is 6.07 Å². The zero-order chi connectivity index (χ0) is 14.4. The summed E-state index contributed by atoms with van der Waals surface area (Å²) in [6, 6.07) is 2.13. The monoisotopic (exact) mass is 274 g/mol. The van der Waals surface area contributed by atoms with Gasteiger partial charge in [0.2, 0.25) is 0 Å². The SMILES string of the molecule is O=C(NCc1ccc(F)cc1F)NCC(O)C(=O)O. The molecule has 0 saturated carbocycles. The van der Waals surface area contributed by atoms with Crippen LogP contribution in [0.15, 0.2) is 18.2 Å². The molecule has 0 saturated heterocycles. The van der Waals surface area contributed by atoms with E-state index in [9.17, 15) is 18.4 Å². The van der Waals surface area contributed by atoms with E-state index in [2.05, 4.69) is 10.6 Å². The summed E-state index contributed by atoms with van der Waals surface area (Å²) in [5, 5.41) is 21.6. The smallest absolute Gasteiger partial charge is 0.334 e. The normalized spacial score (nSPS) is 11.7. The summed E-state index contributed by atoms with van der Waals surface area (Å²) in [6.45, 7) is -0.672. The second-order valence-electron chi connectivity index (χ2n) is 3.65. The average Bonchev–Trinajstić information content (AvgIpc) is 2.34. The molecule has 2 amide bonds. The standard InChI is InChI=1S/C11H12F2N2O4/c12-7-2-1-6(8(13)3-7)4-14-11(19)15-5-9(16)10(17)18/h1-3,9,16H,4-5H2,(H,17,18)(H2,14,15,19). The first-order chi connectivity index (χ1) is 8.90. The van der Waals surface area contributed by atoms with E-state index in [1.807, 2.05) is 0 Å². The molecule has 0 fully saturated rings. The van der Waals surface area contributed by atoms with Crippen LogP contribution < -0.4 is 10.6 Å². The highest BCUT2D eigenvalue weighted by atomic mass is 19.1. The molecule has 4 N–H and O–H groups in total. The van der Waals surface area contributed by atoms with Gasteiger partial charge < -0.3 is 20.8 Å². The zero-order valence-corrected chi connectivity index (χ0v) is 9.69. The van der Waals surface area contributed by atoms with Gasteiger partial charge in [-0.1, -0.05) is 6.07 Å². The molecule has 1 aromatic carbocycles. The second kappa shape index (κ2) is 6.64. The summed E-state index contributed by atoms with van der Waals surface area (Å²) in [4.78, 5) is 21.5. The summed E-state index contributed by atoms with van der Waals surface area (Å²) >= 11 is 0. The van der Waals surface area contributed by atoms with Crippen LogP contribution >= 0.6 is 0 Å². The summed E-state index contributed by atoms with van der Waals surface area (Å²) < 4.78 is 25.8. The molecule has 0 aliphatic heterocycles. The number of halogens is 2. The largest absolute Gasteiger partial charge is 0.479 e. The van der Waals surface area contributed by atoms with E-state index in [1.165, 1.54) is 6.07 Å². The van der Waals surface area contributed by atoms with Crippen LogP contribution in [-0.2, 0) is 11.3 Å². The number of benzene rings is 1. The lowest BCUT2D eigenvalue weighted by Crippen LogP contribution is -2.41. The van der Waals surface area contributed by atoms with Crippen molar-refractivity contribution in [2.75, 3.05) is 6.54 Å². The quantitative estimate of drug-likeness (QED) is 0.617. The lowest BCUT2D eigenvalue weighted by Gasteiger charge is -2.09. The Hall–Kier alpha value is -2.22. The number of carboxylic acid groups (broad SMARTS) is 1. The Morgan fingerprint density at radius 1 is 1.26 bits per heavy atom. The molecule has 1 unspecified atom stereocenters. The number of urea groups is 1. The van der Waals surface area contributed by atoms with Crippen LogP contribution in [0.3, 0.4) is 0 Å². The van der Waals surface area contributed by atoms with Gasteiger partial charge in [0.15, 0.2) is 6.10 Å². The minimum absolute atomic E-state index is 0.0790. The number of aliphatic hydroxyl groups is 1. The maximum atomic E-state index is 13.2. The number of amides is 2. The highest BCUT2D eigenvalue weighted by molar-refractivity contribution is 5.76. The Morgan fingerprint density at radius 3 is 2.53 bits per heavy atom. The van der Waals surface area contributed by atoms with Crippen molar-refractivity contribution in [2.45, 2.75) is 12.6 Å². The Labute approximate surface area is 107 Å². The van der Waals surface area contributed by atoms with Gasteiger partial charge in [-0.05, 0) is 6.07 Å². The van der Waals surface area contributed by atoms with Crippen molar-refractivity contribution in [1.29, 1.82) is 0 Å². The van der Waals surface area contributed by atoms with Crippen molar-refractivity contribution in [3.8, 4) is 0 Å². The number of aliphatic hydroxyl groups excluding tert-OH is 1. The third kappa shape index (κ3) is 4.88. The lowest BCUT2D eigenvalue weighted by atomic mass is 10.2. The van der Waals surface area contributed by atoms with Gasteiger partial charge in [-0.25, -0.2) is 18.4 Å². The van der Waals surface area contributed by atoms with Crippen LogP contribution in [0.4, 0.5) is 13.6 Å². The van der Waals surface area contributed by atoms with Crippen LogP contribution in [0.5, 0.6) is 0 Å². The molecule has 1 rings (SSSR count). The fraction of sp³-hybridized carbons (Fsp3) is 0.273. The summed E-state index contributed by atoms with van der Waals surface area (Å²) in [5.41, 5.74) is 0.0790. The van der Waals surface area contributed by atoms with Crippen LogP contribution in [-0.4, -0.2) is 34.9 Å². The number of hydrogen-bond acceptors (Lipinski definition) is 3. The van der Waals surface area contributed by atoms with E-state index >= 15 is 0 Å². The Kier molecular flexibility index (Phi) is 5.19. The topological polar surface area (TPSA) is 98.7 Å². The van der Waals surface area contributed by atoms with Gasteiger partial charge in [0.25, 0.3) is 0 Å². The van der Waals surface area contributed by atoms with Crippen LogP contribution in [0, 0.1) is 11.6 Å². The molecule has 19 heavy (non-hydrogen) atoms. The van der Waals surface area contributed by atoms with Crippen molar-refractivity contribution in [1.82, 2.24) is 10.6 Å². The van der Waals surface area contributed by atoms with E-state index in [4.69, 9.17) is 10.2 Å². The van der Waals surface area contributed by atoms with Gasteiger partial charge >= 0.3 is 12.0 Å². The molecule has 1 atom stereocenters. The number of hydrogen-bond donors (Lipinski definition) is 4. The first-order valence-electron chi connectivity index (χ1n) is 5.26. The highest BCUT2D eigenvalue weighted by Gasteiger charge is 2.14. The van der Waals surface area contributed by atoms with Crippen molar-refractivity contribution in [3.63, 3.8) is 0 Å². The Bertz CT molecular complexity index is 482. The van der Waals surface area contributed by atoms with E-state index in [0.717, 1.165) is 6.07 Å². The molecule has 8 heteroatoms. The van der Waals surface area contributed by atoms with Crippen LogP contribution in [0.2, 0.25) is 0 Å². The fourth-order valence-corrected chi connectivity index (χ4v) is 1.18. The summed E-state index contributed by atoms with van der Waals surface area (Å²) in [6.07, 6.45) is -1.71. The van der Waals surface area contributed by atoms with Gasteiger partial charge in [-0.15, -0.1) is 0 Å². The van der Waals surface area contributed by atoms with E-state index in [-0.39, 0.29) is 12.1 Å². The molecule has 0 radical (unpaired) electrons. The maximum Gasteiger partial charge on any atom is 0.334 e. The number of carboxylic acids is 1. The molecule has 0 spiro atoms. The Balaban J connectivity index is 2.40. The zero-order valence-electron chi connectivity index (χ0n) is 9.69. The number of carbonyl (C=O) groups is 2. The van der Waals surface area contributed by atoms with Crippen molar-refractivity contribution in [3.05, 3.63) is 35.4 Å². The summed E-state index contributed by atoms with van der Waals surface area (Å²) in [7, 11) is 0. The van der Waals surface area contributed by atoms with Crippen molar-refractivity contribution < 1.29 is 28.6 Å². The van der Waals surface area contributed by atoms with Crippen LogP contribution in [0.1, 0.15) is 5.56 Å². The first-order valence-corrected chi connectivity index (χ1v) is 5.26. The molecule has 1 aromatic rings. The van der Waals surface area contributed by atoms with Crippen molar-refractivity contribution >= 4 is 12.0 Å².